The smallest absolute Gasteiger partial charge is 0.0657 e. The van der Waals surface area contributed by atoms with Gasteiger partial charge in [-0.3, -0.25) is 0 Å². The Morgan fingerprint density at radius 3 is 2.29 bits per heavy atom. The van der Waals surface area contributed by atoms with E-state index in [2.05, 4.69) is 20.8 Å². The molecule has 0 aromatic heterocycles. The fraction of sp³-hybridized carbons (Fsp3) is 1.00. The van der Waals surface area contributed by atoms with Crippen LogP contribution in [-0.2, 0) is 0 Å². The monoisotopic (exact) mass is 238 g/mol. The molecule has 3 rings (SSSR count). The Hall–Kier alpha value is -0.0800. The van der Waals surface area contributed by atoms with Crippen LogP contribution in [0.4, 0.5) is 0 Å². The molecule has 3 fully saturated rings. The molecular formula is C15H26O2. The quantitative estimate of drug-likeness (QED) is 0.681. The minimum Gasteiger partial charge on any atom is -0.393 e. The first-order valence-corrected chi connectivity index (χ1v) is 7.12. The molecule has 0 saturated heterocycles. The highest BCUT2D eigenvalue weighted by molar-refractivity contribution is 5.19. The normalized spacial score (nSPS) is 60.4. The SMILES string of the molecule is CC1(O)CCC2(C)C(O)CCC3C(C12)C3(C)C. The maximum Gasteiger partial charge on any atom is 0.0657 e. The van der Waals surface area contributed by atoms with Crippen LogP contribution in [-0.4, -0.2) is 21.9 Å². The van der Waals surface area contributed by atoms with E-state index in [1.165, 1.54) is 0 Å². The lowest BCUT2D eigenvalue weighted by molar-refractivity contribution is -0.0674. The second-order valence-corrected chi connectivity index (χ2v) is 7.89. The predicted molar refractivity (Wildman–Crippen MR) is 67.5 cm³/mol. The van der Waals surface area contributed by atoms with Crippen molar-refractivity contribution in [3.8, 4) is 0 Å². The molecule has 6 atom stereocenters. The van der Waals surface area contributed by atoms with E-state index in [1.54, 1.807) is 0 Å². The van der Waals surface area contributed by atoms with Crippen LogP contribution in [0.5, 0.6) is 0 Å². The zero-order chi connectivity index (χ0) is 12.6. The second-order valence-electron chi connectivity index (χ2n) is 7.89. The summed E-state index contributed by atoms with van der Waals surface area (Å²) in [6, 6.07) is 0. The van der Waals surface area contributed by atoms with E-state index >= 15 is 0 Å². The lowest BCUT2D eigenvalue weighted by Crippen LogP contribution is -2.44. The number of fused-ring (bicyclic) bond motifs is 3. The Morgan fingerprint density at radius 2 is 1.65 bits per heavy atom. The van der Waals surface area contributed by atoms with Crippen LogP contribution in [0.3, 0.4) is 0 Å². The van der Waals surface area contributed by atoms with E-state index in [0.717, 1.165) is 25.7 Å². The van der Waals surface area contributed by atoms with Gasteiger partial charge in [-0.25, -0.2) is 0 Å². The van der Waals surface area contributed by atoms with Gasteiger partial charge in [-0.05, 0) is 61.2 Å². The standard InChI is InChI=1S/C15H26O2/c1-13(2)9-5-6-10(16)14(3)7-8-15(4,17)12(14)11(9)13/h9-12,16-17H,5-8H2,1-4H3. The topological polar surface area (TPSA) is 40.5 Å². The Kier molecular flexibility index (Phi) is 2.17. The summed E-state index contributed by atoms with van der Waals surface area (Å²) in [5.74, 6) is 1.61. The molecular weight excluding hydrogens is 212 g/mol. The second kappa shape index (κ2) is 3.08. The molecule has 3 aliphatic carbocycles. The van der Waals surface area contributed by atoms with Crippen LogP contribution in [0.15, 0.2) is 0 Å². The lowest BCUT2D eigenvalue weighted by atomic mass is 9.68. The molecule has 0 aromatic carbocycles. The highest BCUT2D eigenvalue weighted by Gasteiger charge is 2.71. The van der Waals surface area contributed by atoms with Crippen LogP contribution in [0.25, 0.3) is 0 Å². The minimum absolute atomic E-state index is 0.0588. The molecule has 0 aromatic rings. The molecule has 6 unspecified atom stereocenters. The van der Waals surface area contributed by atoms with E-state index in [-0.39, 0.29) is 17.4 Å². The van der Waals surface area contributed by atoms with E-state index in [9.17, 15) is 10.2 Å². The van der Waals surface area contributed by atoms with Crippen molar-refractivity contribution in [1.29, 1.82) is 0 Å². The molecule has 17 heavy (non-hydrogen) atoms. The molecule has 98 valence electrons. The van der Waals surface area contributed by atoms with Gasteiger partial charge in [0, 0.05) is 0 Å². The minimum atomic E-state index is -0.573. The maximum absolute atomic E-state index is 10.7. The zero-order valence-corrected chi connectivity index (χ0v) is 11.5. The molecule has 3 aliphatic rings. The predicted octanol–water partition coefficient (Wildman–Crippen LogP) is 2.58. The first-order chi connectivity index (χ1) is 7.71. The first-order valence-electron chi connectivity index (χ1n) is 7.12. The third kappa shape index (κ3) is 1.34. The van der Waals surface area contributed by atoms with Crippen molar-refractivity contribution >= 4 is 0 Å². The third-order valence-corrected chi connectivity index (χ3v) is 6.56. The van der Waals surface area contributed by atoms with Gasteiger partial charge in [-0.1, -0.05) is 20.8 Å². The number of rotatable bonds is 0. The van der Waals surface area contributed by atoms with Crippen LogP contribution in [0.1, 0.15) is 53.4 Å². The van der Waals surface area contributed by atoms with Gasteiger partial charge in [0.25, 0.3) is 0 Å². The van der Waals surface area contributed by atoms with E-state index in [4.69, 9.17) is 0 Å². The Morgan fingerprint density at radius 1 is 1.00 bits per heavy atom. The van der Waals surface area contributed by atoms with Crippen molar-refractivity contribution in [3.05, 3.63) is 0 Å². The highest BCUT2D eigenvalue weighted by Crippen LogP contribution is 2.73. The van der Waals surface area contributed by atoms with Gasteiger partial charge in [-0.15, -0.1) is 0 Å². The number of hydrogen-bond donors (Lipinski definition) is 2. The molecule has 2 nitrogen and oxygen atoms in total. The van der Waals surface area contributed by atoms with Crippen molar-refractivity contribution in [3.63, 3.8) is 0 Å². The van der Waals surface area contributed by atoms with Crippen molar-refractivity contribution < 1.29 is 10.2 Å². The molecule has 3 saturated carbocycles. The fourth-order valence-corrected chi connectivity index (χ4v) is 5.38. The number of aliphatic hydroxyl groups excluding tert-OH is 1. The Balaban J connectivity index is 2.03. The van der Waals surface area contributed by atoms with Crippen molar-refractivity contribution in [2.45, 2.75) is 65.1 Å². The van der Waals surface area contributed by atoms with Gasteiger partial charge in [-0.2, -0.15) is 0 Å². The van der Waals surface area contributed by atoms with Gasteiger partial charge in [0.05, 0.1) is 11.7 Å². The van der Waals surface area contributed by atoms with Gasteiger partial charge < -0.3 is 10.2 Å². The average Bonchev–Trinajstić information content (AvgIpc) is 2.67. The fourth-order valence-electron chi connectivity index (χ4n) is 5.38. The highest BCUT2D eigenvalue weighted by atomic mass is 16.3. The van der Waals surface area contributed by atoms with Crippen LogP contribution in [0.2, 0.25) is 0 Å². The number of aliphatic hydroxyl groups is 2. The summed E-state index contributed by atoms with van der Waals surface area (Å²) in [6.07, 6.45) is 3.68. The summed E-state index contributed by atoms with van der Waals surface area (Å²) in [5, 5.41) is 21.2. The van der Waals surface area contributed by atoms with E-state index < -0.39 is 5.60 Å². The van der Waals surface area contributed by atoms with Crippen LogP contribution in [0, 0.1) is 28.6 Å². The largest absolute Gasteiger partial charge is 0.393 e. The van der Waals surface area contributed by atoms with Crippen molar-refractivity contribution in [1.82, 2.24) is 0 Å². The average molecular weight is 238 g/mol. The Bertz CT molecular complexity index is 347. The Labute approximate surface area is 104 Å². The first kappa shape index (κ1) is 12.0. The summed E-state index contributed by atoms with van der Waals surface area (Å²) in [4.78, 5) is 0. The van der Waals surface area contributed by atoms with Gasteiger partial charge in [0.1, 0.15) is 0 Å². The van der Waals surface area contributed by atoms with Crippen molar-refractivity contribution in [2.75, 3.05) is 0 Å². The van der Waals surface area contributed by atoms with Crippen molar-refractivity contribution in [2.24, 2.45) is 28.6 Å². The van der Waals surface area contributed by atoms with Gasteiger partial charge in [0.15, 0.2) is 0 Å². The number of hydrogen-bond acceptors (Lipinski definition) is 2. The molecule has 0 aliphatic heterocycles. The molecule has 0 bridgehead atoms. The molecule has 0 radical (unpaired) electrons. The lowest BCUT2D eigenvalue weighted by Gasteiger charge is -2.40. The van der Waals surface area contributed by atoms with Gasteiger partial charge in [0.2, 0.25) is 0 Å². The van der Waals surface area contributed by atoms with E-state index in [1.807, 2.05) is 6.92 Å². The van der Waals surface area contributed by atoms with Crippen LogP contribution < -0.4 is 0 Å². The molecule has 2 N–H and O–H groups in total. The maximum atomic E-state index is 10.7. The third-order valence-electron chi connectivity index (χ3n) is 6.56. The van der Waals surface area contributed by atoms with Gasteiger partial charge >= 0.3 is 0 Å². The molecule has 0 heterocycles. The van der Waals surface area contributed by atoms with E-state index in [0.29, 0.717) is 17.3 Å². The summed E-state index contributed by atoms with van der Waals surface area (Å²) in [7, 11) is 0. The summed E-state index contributed by atoms with van der Waals surface area (Å²) >= 11 is 0. The summed E-state index contributed by atoms with van der Waals surface area (Å²) in [6.45, 7) is 8.89. The molecule has 2 heteroatoms. The summed E-state index contributed by atoms with van der Waals surface area (Å²) in [5.41, 5.74) is -0.256. The zero-order valence-electron chi connectivity index (χ0n) is 11.5. The van der Waals surface area contributed by atoms with Crippen LogP contribution >= 0.6 is 0 Å². The molecule has 0 amide bonds. The molecule has 0 spiro atoms. The summed E-state index contributed by atoms with van der Waals surface area (Å²) < 4.78 is 0.